The Morgan fingerprint density at radius 2 is 1.67 bits per heavy atom. The number of nitrogens with zero attached hydrogens (tertiary/aromatic N) is 3. The van der Waals surface area contributed by atoms with Gasteiger partial charge in [0.2, 0.25) is 10.0 Å². The van der Waals surface area contributed by atoms with Gasteiger partial charge < -0.3 is 9.80 Å². The lowest BCUT2D eigenvalue weighted by Gasteiger charge is -2.35. The van der Waals surface area contributed by atoms with Crippen molar-refractivity contribution in [2.45, 2.75) is 24.4 Å². The van der Waals surface area contributed by atoms with Crippen molar-refractivity contribution in [3.63, 3.8) is 0 Å². The third kappa shape index (κ3) is 6.23. The predicted octanol–water partition coefficient (Wildman–Crippen LogP) is 3.75. The van der Waals surface area contributed by atoms with Crippen molar-refractivity contribution in [1.29, 1.82) is 0 Å². The van der Waals surface area contributed by atoms with Crippen molar-refractivity contribution in [3.8, 4) is 0 Å². The summed E-state index contributed by atoms with van der Waals surface area (Å²) in [6.45, 7) is 1.28. The number of carbonyl (C=O) groups excluding carboxylic acids is 1. The smallest absolute Gasteiger partial charge is 0.369 e. The van der Waals surface area contributed by atoms with Crippen molar-refractivity contribution in [2.24, 2.45) is 0 Å². The fourth-order valence-corrected chi connectivity index (χ4v) is 5.17. The van der Waals surface area contributed by atoms with Crippen LogP contribution in [0.5, 0.6) is 0 Å². The molecule has 0 spiro atoms. The molecule has 11 heteroatoms. The summed E-state index contributed by atoms with van der Waals surface area (Å²) >= 11 is 0. The third-order valence-electron chi connectivity index (χ3n) is 5.30. The van der Waals surface area contributed by atoms with E-state index in [-0.39, 0.29) is 35.9 Å². The Bertz CT molecular complexity index is 1070. The molecule has 1 aliphatic rings. The van der Waals surface area contributed by atoms with E-state index in [1.807, 2.05) is 4.90 Å². The van der Waals surface area contributed by atoms with Crippen molar-refractivity contribution >= 4 is 21.6 Å². The molecule has 0 aliphatic carbocycles. The van der Waals surface area contributed by atoms with Crippen LogP contribution in [0.2, 0.25) is 0 Å². The van der Waals surface area contributed by atoms with Gasteiger partial charge in [-0.2, -0.15) is 17.5 Å². The number of halogens is 4. The highest BCUT2D eigenvalue weighted by molar-refractivity contribution is 7.89. The van der Waals surface area contributed by atoms with Crippen LogP contribution >= 0.6 is 0 Å². The maximum Gasteiger partial charge on any atom is 0.406 e. The van der Waals surface area contributed by atoms with E-state index in [0.717, 1.165) is 11.8 Å². The second-order valence-electron chi connectivity index (χ2n) is 7.74. The number of hydrogen-bond acceptors (Lipinski definition) is 4. The third-order valence-corrected chi connectivity index (χ3v) is 7.19. The summed E-state index contributed by atoms with van der Waals surface area (Å²) in [7, 11) is -3.95. The summed E-state index contributed by atoms with van der Waals surface area (Å²) in [5.41, 5.74) is 0.667. The molecule has 180 valence electrons. The van der Waals surface area contributed by atoms with E-state index in [1.54, 1.807) is 19.1 Å². The maximum absolute atomic E-state index is 13.1. The normalized spacial score (nSPS) is 15.5. The van der Waals surface area contributed by atoms with E-state index in [1.165, 1.54) is 34.6 Å². The molecule has 33 heavy (non-hydrogen) atoms. The van der Waals surface area contributed by atoms with Gasteiger partial charge >= 0.3 is 6.18 Å². The van der Waals surface area contributed by atoms with Crippen LogP contribution < -0.4 is 4.90 Å². The van der Waals surface area contributed by atoms with Gasteiger partial charge in [0, 0.05) is 44.0 Å². The lowest BCUT2D eigenvalue weighted by Crippen LogP contribution is -2.48. The molecular weight excluding hydrogens is 462 g/mol. The predicted molar refractivity (Wildman–Crippen MR) is 116 cm³/mol. The summed E-state index contributed by atoms with van der Waals surface area (Å²) < 4.78 is 79.3. The van der Waals surface area contributed by atoms with Crippen molar-refractivity contribution in [3.05, 3.63) is 59.9 Å². The Morgan fingerprint density at radius 3 is 2.24 bits per heavy atom. The van der Waals surface area contributed by atoms with Gasteiger partial charge in [0.1, 0.15) is 12.4 Å². The molecule has 0 aromatic heterocycles. The number of hydrogen-bond donors (Lipinski definition) is 0. The van der Waals surface area contributed by atoms with E-state index in [2.05, 4.69) is 0 Å². The standard InChI is InChI=1S/C22H25F4N3O3S/c1-2-10-28(16-22(24,25)26)21(30)17-4-3-5-20(15-17)33(31,32)29-13-11-27(12-14-29)19-8-6-18(23)7-9-19/h3-9,15H,2,10-14,16H2,1H3. The number of alkyl halides is 3. The molecule has 1 saturated heterocycles. The molecule has 1 heterocycles. The van der Waals surface area contributed by atoms with Crippen LogP contribution in [0.3, 0.4) is 0 Å². The van der Waals surface area contributed by atoms with Crippen molar-refractivity contribution in [2.75, 3.05) is 44.2 Å². The molecular formula is C22H25F4N3O3S. The van der Waals surface area contributed by atoms with Gasteiger partial charge in [0.25, 0.3) is 5.91 Å². The first-order valence-electron chi connectivity index (χ1n) is 10.5. The summed E-state index contributed by atoms with van der Waals surface area (Å²) in [6, 6.07) is 11.0. The monoisotopic (exact) mass is 487 g/mol. The average molecular weight is 488 g/mol. The number of carbonyl (C=O) groups is 1. The molecule has 6 nitrogen and oxygen atoms in total. The molecule has 1 amide bonds. The highest BCUT2D eigenvalue weighted by atomic mass is 32.2. The number of amides is 1. The van der Waals surface area contributed by atoms with Gasteiger partial charge in [-0.25, -0.2) is 12.8 Å². The largest absolute Gasteiger partial charge is 0.406 e. The number of anilines is 1. The minimum absolute atomic E-state index is 0.0966. The van der Waals surface area contributed by atoms with Crippen molar-refractivity contribution in [1.82, 2.24) is 9.21 Å². The van der Waals surface area contributed by atoms with Crippen LogP contribution in [0, 0.1) is 5.82 Å². The van der Waals surface area contributed by atoms with Crippen molar-refractivity contribution < 1.29 is 30.8 Å². The fraction of sp³-hybridized carbons (Fsp3) is 0.409. The molecule has 1 aliphatic heterocycles. The molecule has 2 aromatic rings. The van der Waals surface area contributed by atoms with E-state index in [0.29, 0.717) is 24.4 Å². The molecule has 3 rings (SSSR count). The van der Waals surface area contributed by atoms with Crippen LogP contribution in [0.15, 0.2) is 53.4 Å². The van der Waals surface area contributed by atoms with Crippen LogP contribution in [0.25, 0.3) is 0 Å². The Kier molecular flexibility index (Phi) is 7.63. The highest BCUT2D eigenvalue weighted by Crippen LogP contribution is 2.24. The molecule has 0 saturated carbocycles. The van der Waals surface area contributed by atoms with E-state index >= 15 is 0 Å². The topological polar surface area (TPSA) is 60.9 Å². The quantitative estimate of drug-likeness (QED) is 0.559. The molecule has 1 fully saturated rings. The lowest BCUT2D eigenvalue weighted by molar-refractivity contribution is -0.140. The molecule has 0 N–H and O–H groups in total. The average Bonchev–Trinajstić information content (AvgIpc) is 2.78. The van der Waals surface area contributed by atoms with Gasteiger partial charge in [-0.3, -0.25) is 4.79 Å². The highest BCUT2D eigenvalue weighted by Gasteiger charge is 2.34. The second kappa shape index (κ2) is 10.1. The zero-order chi connectivity index (χ0) is 24.2. The second-order valence-corrected chi connectivity index (χ2v) is 9.68. The lowest BCUT2D eigenvalue weighted by atomic mass is 10.2. The number of rotatable bonds is 7. The Morgan fingerprint density at radius 1 is 1.03 bits per heavy atom. The zero-order valence-corrected chi connectivity index (χ0v) is 18.9. The molecule has 0 radical (unpaired) electrons. The van der Waals surface area contributed by atoms with Gasteiger partial charge in [0.05, 0.1) is 4.90 Å². The summed E-state index contributed by atoms with van der Waals surface area (Å²) in [5, 5.41) is 0. The van der Waals surface area contributed by atoms with Crippen LogP contribution in [-0.4, -0.2) is 69.0 Å². The Labute approximate surface area is 190 Å². The zero-order valence-electron chi connectivity index (χ0n) is 18.1. The minimum Gasteiger partial charge on any atom is -0.369 e. The number of benzene rings is 2. The van der Waals surface area contributed by atoms with Crippen LogP contribution in [0.1, 0.15) is 23.7 Å². The van der Waals surface area contributed by atoms with E-state index in [4.69, 9.17) is 0 Å². The summed E-state index contributed by atoms with van der Waals surface area (Å²) in [5.74, 6) is -1.23. The Balaban J connectivity index is 1.74. The van der Waals surface area contributed by atoms with Crippen LogP contribution in [-0.2, 0) is 10.0 Å². The number of piperazine rings is 1. The fourth-order valence-electron chi connectivity index (χ4n) is 3.70. The Hall–Kier alpha value is -2.66. The van der Waals surface area contributed by atoms with E-state index < -0.39 is 28.7 Å². The first kappa shape index (κ1) is 25.0. The van der Waals surface area contributed by atoms with E-state index in [9.17, 15) is 30.8 Å². The minimum atomic E-state index is -4.56. The van der Waals surface area contributed by atoms with Crippen LogP contribution in [0.4, 0.5) is 23.2 Å². The molecule has 2 aromatic carbocycles. The number of sulfonamides is 1. The van der Waals surface area contributed by atoms with Gasteiger partial charge in [-0.1, -0.05) is 13.0 Å². The first-order valence-corrected chi connectivity index (χ1v) is 11.9. The SMILES string of the molecule is CCCN(CC(F)(F)F)C(=O)c1cccc(S(=O)(=O)N2CCN(c3ccc(F)cc3)CC2)c1. The molecule has 0 atom stereocenters. The van der Waals surface area contributed by atoms with Gasteiger partial charge in [0.15, 0.2) is 0 Å². The first-order chi connectivity index (χ1) is 15.5. The molecule has 0 unspecified atom stereocenters. The summed E-state index contributed by atoms with van der Waals surface area (Å²) in [4.78, 5) is 15.1. The van der Waals surface area contributed by atoms with Gasteiger partial charge in [-0.15, -0.1) is 0 Å². The van der Waals surface area contributed by atoms with Gasteiger partial charge in [-0.05, 0) is 48.9 Å². The maximum atomic E-state index is 13.1. The summed E-state index contributed by atoms with van der Waals surface area (Å²) in [6.07, 6.45) is -4.23. The molecule has 0 bridgehead atoms.